The number of aromatic nitrogens is 4. The fraction of sp³-hybridized carbons (Fsp3) is 0.476. The predicted molar refractivity (Wildman–Crippen MR) is 119 cm³/mol. The quantitative estimate of drug-likeness (QED) is 0.626. The Morgan fingerprint density at radius 3 is 2.83 bits per heavy atom. The van der Waals surface area contributed by atoms with Crippen LogP contribution < -0.4 is 10.3 Å². The van der Waals surface area contributed by atoms with E-state index in [-0.39, 0.29) is 5.56 Å². The fourth-order valence-corrected chi connectivity index (χ4v) is 4.74. The van der Waals surface area contributed by atoms with E-state index in [9.17, 15) is 4.79 Å². The largest absolute Gasteiger partial charge is 0.493 e. The van der Waals surface area contributed by atoms with Gasteiger partial charge in [-0.05, 0) is 70.9 Å². The van der Waals surface area contributed by atoms with Gasteiger partial charge in [-0.3, -0.25) is 4.79 Å². The van der Waals surface area contributed by atoms with Gasteiger partial charge in [-0.1, -0.05) is 0 Å². The molecule has 0 unspecified atom stereocenters. The molecule has 0 atom stereocenters. The van der Waals surface area contributed by atoms with E-state index >= 15 is 0 Å². The number of ether oxygens (including phenoxy) is 1. The normalized spacial score (nSPS) is 16.1. The molecule has 8 nitrogen and oxygen atoms in total. The molecule has 0 spiro atoms. The van der Waals surface area contributed by atoms with Crippen molar-refractivity contribution in [3.8, 4) is 17.1 Å². The molecule has 1 N–H and O–H groups in total. The Balaban J connectivity index is 1.72. The summed E-state index contributed by atoms with van der Waals surface area (Å²) in [5.74, 6) is 1.87. The molecular formula is C21H28N6O2S. The molecule has 4 rings (SSSR count). The molecule has 0 saturated carbocycles. The Labute approximate surface area is 180 Å². The Morgan fingerprint density at radius 2 is 2.03 bits per heavy atom. The van der Waals surface area contributed by atoms with Gasteiger partial charge in [0, 0.05) is 24.5 Å². The maximum Gasteiger partial charge on any atom is 0.277 e. The fourth-order valence-electron chi connectivity index (χ4n) is 3.75. The summed E-state index contributed by atoms with van der Waals surface area (Å²) in [5, 5.41) is 4.67. The van der Waals surface area contributed by atoms with Crippen LogP contribution in [0.15, 0.2) is 27.9 Å². The van der Waals surface area contributed by atoms with E-state index in [4.69, 9.17) is 4.74 Å². The Hall–Kier alpha value is -2.36. The van der Waals surface area contributed by atoms with E-state index < -0.39 is 0 Å². The predicted octanol–water partition coefficient (Wildman–Crippen LogP) is 2.74. The number of H-pyrrole nitrogens is 1. The summed E-state index contributed by atoms with van der Waals surface area (Å²) in [7, 11) is 2.17. The number of hydrogen-bond acceptors (Lipinski definition) is 7. The lowest BCUT2D eigenvalue weighted by Gasteiger charge is -2.19. The van der Waals surface area contributed by atoms with Crippen molar-refractivity contribution in [2.24, 2.45) is 0 Å². The van der Waals surface area contributed by atoms with Crippen molar-refractivity contribution in [3.63, 3.8) is 0 Å². The second kappa shape index (κ2) is 8.79. The van der Waals surface area contributed by atoms with Crippen molar-refractivity contribution in [2.45, 2.75) is 32.1 Å². The molecule has 0 aliphatic carbocycles. The van der Waals surface area contributed by atoms with Crippen LogP contribution in [0.25, 0.3) is 16.9 Å². The third-order valence-electron chi connectivity index (χ3n) is 5.26. The molecule has 160 valence electrons. The minimum Gasteiger partial charge on any atom is -0.493 e. The highest BCUT2D eigenvalue weighted by molar-refractivity contribution is 7.97. The Bertz CT molecular complexity index is 1110. The average molecular weight is 429 g/mol. The molecule has 1 aliphatic rings. The lowest BCUT2D eigenvalue weighted by Crippen LogP contribution is -2.24. The molecule has 1 saturated heterocycles. The minimum atomic E-state index is -0.200. The van der Waals surface area contributed by atoms with Gasteiger partial charge in [0.15, 0.2) is 11.3 Å². The second-order valence-corrected chi connectivity index (χ2v) is 8.75. The smallest absolute Gasteiger partial charge is 0.277 e. The van der Waals surface area contributed by atoms with Crippen molar-refractivity contribution in [1.82, 2.24) is 28.8 Å². The van der Waals surface area contributed by atoms with Crippen LogP contribution >= 0.6 is 11.9 Å². The van der Waals surface area contributed by atoms with E-state index in [1.807, 2.05) is 32.9 Å². The number of fused-ring (bicyclic) bond motifs is 1. The molecule has 1 aliphatic heterocycles. The molecule has 3 aromatic rings. The molecule has 2 aromatic heterocycles. The highest BCUT2D eigenvalue weighted by Crippen LogP contribution is 2.33. The van der Waals surface area contributed by atoms with Gasteiger partial charge < -0.3 is 14.6 Å². The first-order valence-corrected chi connectivity index (χ1v) is 11.1. The summed E-state index contributed by atoms with van der Waals surface area (Å²) in [6.45, 7) is 10.4. The average Bonchev–Trinajstić information content (AvgIpc) is 2.86. The summed E-state index contributed by atoms with van der Waals surface area (Å²) in [6.07, 6.45) is 1.15. The van der Waals surface area contributed by atoms with E-state index in [0.29, 0.717) is 35.2 Å². The number of imidazole rings is 1. The SMILES string of the molecule is CCOc1ccc(SN2CCCN(C)CC2)cc1-c1nn2c(C)nc(C)c2c(=O)[nH]1. The van der Waals surface area contributed by atoms with E-state index in [0.717, 1.165) is 43.1 Å². The first-order chi connectivity index (χ1) is 14.5. The maximum atomic E-state index is 12.7. The van der Waals surface area contributed by atoms with Crippen LogP contribution in [0.3, 0.4) is 0 Å². The van der Waals surface area contributed by atoms with Gasteiger partial charge in [0.2, 0.25) is 0 Å². The lowest BCUT2D eigenvalue weighted by atomic mass is 10.2. The molecule has 0 bridgehead atoms. The minimum absolute atomic E-state index is 0.200. The number of aromatic amines is 1. The molecule has 0 amide bonds. The molecule has 30 heavy (non-hydrogen) atoms. The third-order valence-corrected chi connectivity index (χ3v) is 6.34. The van der Waals surface area contributed by atoms with Crippen molar-refractivity contribution >= 4 is 17.5 Å². The van der Waals surface area contributed by atoms with Crippen LogP contribution in [0.4, 0.5) is 0 Å². The number of nitrogens with one attached hydrogen (secondary N) is 1. The number of likely N-dealkylation sites (N-methyl/N-ethyl adjacent to an activating group) is 1. The van der Waals surface area contributed by atoms with Gasteiger partial charge in [-0.25, -0.2) is 13.8 Å². The summed E-state index contributed by atoms with van der Waals surface area (Å²) in [6, 6.07) is 6.08. The highest BCUT2D eigenvalue weighted by Gasteiger charge is 2.18. The standard InChI is InChI=1S/C21H28N6O2S/c1-5-29-18-8-7-16(30-26-10-6-9-25(4)11-12-26)13-17(18)20-23-21(28)19-14(2)22-15(3)27(19)24-20/h7-8,13H,5-6,9-12H2,1-4H3,(H,23,24,28). The first kappa shape index (κ1) is 20.9. The number of hydrogen-bond donors (Lipinski definition) is 1. The summed E-state index contributed by atoms with van der Waals surface area (Å²) in [4.78, 5) is 23.5. The number of benzene rings is 1. The molecular weight excluding hydrogens is 400 g/mol. The van der Waals surface area contributed by atoms with Crippen molar-refractivity contribution in [2.75, 3.05) is 39.8 Å². The van der Waals surface area contributed by atoms with Gasteiger partial charge in [0.1, 0.15) is 11.6 Å². The third kappa shape index (κ3) is 4.23. The Morgan fingerprint density at radius 1 is 1.20 bits per heavy atom. The maximum absolute atomic E-state index is 12.7. The zero-order valence-corrected chi connectivity index (χ0v) is 18.8. The molecule has 3 heterocycles. The molecule has 1 fully saturated rings. The summed E-state index contributed by atoms with van der Waals surface area (Å²) >= 11 is 1.74. The van der Waals surface area contributed by atoms with Crippen LogP contribution in [-0.4, -0.2) is 68.6 Å². The molecule has 0 radical (unpaired) electrons. The number of rotatable bonds is 5. The summed E-state index contributed by atoms with van der Waals surface area (Å²) < 4.78 is 9.85. The monoisotopic (exact) mass is 428 g/mol. The van der Waals surface area contributed by atoms with Crippen LogP contribution in [0.1, 0.15) is 24.9 Å². The molecule has 9 heteroatoms. The van der Waals surface area contributed by atoms with Gasteiger partial charge >= 0.3 is 0 Å². The van der Waals surface area contributed by atoms with Gasteiger partial charge in [-0.15, -0.1) is 5.10 Å². The van der Waals surface area contributed by atoms with Crippen LogP contribution in [0.5, 0.6) is 5.75 Å². The van der Waals surface area contributed by atoms with E-state index in [2.05, 4.69) is 37.4 Å². The zero-order valence-electron chi connectivity index (χ0n) is 17.9. The van der Waals surface area contributed by atoms with Crippen LogP contribution in [-0.2, 0) is 0 Å². The van der Waals surface area contributed by atoms with Gasteiger partial charge in [-0.2, -0.15) is 0 Å². The first-order valence-electron chi connectivity index (χ1n) is 10.3. The van der Waals surface area contributed by atoms with Gasteiger partial charge in [0.25, 0.3) is 5.56 Å². The Kier molecular flexibility index (Phi) is 6.12. The molecule has 1 aromatic carbocycles. The van der Waals surface area contributed by atoms with Crippen molar-refractivity contribution in [1.29, 1.82) is 0 Å². The van der Waals surface area contributed by atoms with Gasteiger partial charge in [0.05, 0.1) is 17.9 Å². The van der Waals surface area contributed by atoms with Crippen molar-refractivity contribution < 1.29 is 4.74 Å². The zero-order chi connectivity index (χ0) is 21.3. The van der Waals surface area contributed by atoms with E-state index in [1.54, 1.807) is 16.5 Å². The highest BCUT2D eigenvalue weighted by atomic mass is 32.2. The van der Waals surface area contributed by atoms with Crippen LogP contribution in [0.2, 0.25) is 0 Å². The van der Waals surface area contributed by atoms with E-state index in [1.165, 1.54) is 0 Å². The van der Waals surface area contributed by atoms with Crippen LogP contribution in [0, 0.1) is 13.8 Å². The van der Waals surface area contributed by atoms with Crippen molar-refractivity contribution in [3.05, 3.63) is 40.1 Å². The topological polar surface area (TPSA) is 78.8 Å². The summed E-state index contributed by atoms with van der Waals surface area (Å²) in [5.41, 5.74) is 1.73. The lowest BCUT2D eigenvalue weighted by molar-refractivity contribution is 0.341. The number of nitrogens with zero attached hydrogens (tertiary/aromatic N) is 5. The number of aryl methyl sites for hydroxylation is 2. The second-order valence-electron chi connectivity index (χ2n) is 7.58.